The molecule has 0 aliphatic carbocycles. The first-order chi connectivity index (χ1) is 12.9. The fraction of sp³-hybridized carbons (Fsp3) is 0.250. The number of carbonyl (C=O) groups is 3. The van der Waals surface area contributed by atoms with Crippen LogP contribution >= 0.6 is 0 Å². The van der Waals surface area contributed by atoms with Gasteiger partial charge in [0.25, 0.3) is 0 Å². The van der Waals surface area contributed by atoms with Crippen LogP contribution in [0.1, 0.15) is 24.0 Å². The molecule has 2 aromatic carbocycles. The highest BCUT2D eigenvalue weighted by atomic mass is 19.1. The lowest BCUT2D eigenvalue weighted by Crippen LogP contribution is -2.42. The number of halogens is 1. The summed E-state index contributed by atoms with van der Waals surface area (Å²) in [7, 11) is 0. The van der Waals surface area contributed by atoms with Gasteiger partial charge >= 0.3 is 0 Å². The van der Waals surface area contributed by atoms with E-state index in [0.717, 1.165) is 0 Å². The normalized spacial score (nSPS) is 13.0. The van der Waals surface area contributed by atoms with Crippen LogP contribution in [0.3, 0.4) is 0 Å². The molecule has 0 fully saturated rings. The molecule has 0 aromatic heterocycles. The molecular weight excluding hydrogens is 349 g/mol. The molecule has 0 bridgehead atoms. The van der Waals surface area contributed by atoms with Crippen molar-refractivity contribution in [2.24, 2.45) is 0 Å². The molecule has 0 spiro atoms. The van der Waals surface area contributed by atoms with Gasteiger partial charge < -0.3 is 15.5 Å². The first kappa shape index (κ1) is 18.6. The Balaban J connectivity index is 1.53. The SMILES string of the molecule is Cc1ccc(CNC(=O)CCC(=O)N2CC(=O)Nc3ccccc32)cc1F. The molecule has 1 heterocycles. The molecule has 0 radical (unpaired) electrons. The van der Waals surface area contributed by atoms with Crippen LogP contribution in [-0.2, 0) is 20.9 Å². The van der Waals surface area contributed by atoms with Crippen molar-refractivity contribution in [3.63, 3.8) is 0 Å². The predicted molar refractivity (Wildman–Crippen MR) is 99.6 cm³/mol. The Labute approximate surface area is 156 Å². The quantitative estimate of drug-likeness (QED) is 0.850. The first-order valence-corrected chi connectivity index (χ1v) is 8.65. The molecule has 2 N–H and O–H groups in total. The summed E-state index contributed by atoms with van der Waals surface area (Å²) in [6.07, 6.45) is -0.0246. The van der Waals surface area contributed by atoms with Crippen molar-refractivity contribution < 1.29 is 18.8 Å². The number of aryl methyl sites for hydroxylation is 1. The van der Waals surface area contributed by atoms with Crippen molar-refractivity contribution in [3.05, 3.63) is 59.4 Å². The summed E-state index contributed by atoms with van der Waals surface area (Å²) in [5.74, 6) is -1.19. The second-order valence-corrected chi connectivity index (χ2v) is 6.41. The highest BCUT2D eigenvalue weighted by molar-refractivity contribution is 6.10. The van der Waals surface area contributed by atoms with Crippen molar-refractivity contribution in [1.29, 1.82) is 0 Å². The second-order valence-electron chi connectivity index (χ2n) is 6.41. The van der Waals surface area contributed by atoms with Crippen molar-refractivity contribution in [3.8, 4) is 0 Å². The van der Waals surface area contributed by atoms with Crippen molar-refractivity contribution in [1.82, 2.24) is 5.32 Å². The largest absolute Gasteiger partial charge is 0.352 e. The van der Waals surface area contributed by atoms with Crippen LogP contribution in [0.5, 0.6) is 0 Å². The van der Waals surface area contributed by atoms with Crippen molar-refractivity contribution in [2.75, 3.05) is 16.8 Å². The number of nitrogens with zero attached hydrogens (tertiary/aromatic N) is 1. The van der Waals surface area contributed by atoms with E-state index in [1.54, 1.807) is 43.3 Å². The van der Waals surface area contributed by atoms with Gasteiger partial charge in [-0.1, -0.05) is 24.3 Å². The minimum Gasteiger partial charge on any atom is -0.352 e. The lowest BCUT2D eigenvalue weighted by molar-refractivity contribution is -0.125. The van der Waals surface area contributed by atoms with Crippen LogP contribution in [0.4, 0.5) is 15.8 Å². The van der Waals surface area contributed by atoms with Gasteiger partial charge in [0.05, 0.1) is 11.4 Å². The molecule has 27 heavy (non-hydrogen) atoms. The van der Waals surface area contributed by atoms with Gasteiger partial charge in [0.1, 0.15) is 12.4 Å². The molecule has 140 valence electrons. The summed E-state index contributed by atoms with van der Waals surface area (Å²) in [4.78, 5) is 37.7. The molecule has 0 unspecified atom stereocenters. The Bertz CT molecular complexity index is 898. The molecule has 1 aliphatic heterocycles. The van der Waals surface area contributed by atoms with Crippen LogP contribution in [-0.4, -0.2) is 24.3 Å². The first-order valence-electron chi connectivity index (χ1n) is 8.65. The lowest BCUT2D eigenvalue weighted by atomic mass is 10.1. The number of para-hydroxylation sites is 2. The van der Waals surface area contributed by atoms with E-state index in [1.807, 2.05) is 0 Å². The smallest absolute Gasteiger partial charge is 0.244 e. The Morgan fingerprint density at radius 1 is 1.19 bits per heavy atom. The summed E-state index contributed by atoms with van der Waals surface area (Å²) < 4.78 is 13.5. The van der Waals surface area contributed by atoms with Gasteiger partial charge in [-0.3, -0.25) is 14.4 Å². The van der Waals surface area contributed by atoms with Gasteiger partial charge in [-0.2, -0.15) is 0 Å². The Morgan fingerprint density at radius 3 is 2.74 bits per heavy atom. The molecule has 0 saturated heterocycles. The average molecular weight is 369 g/mol. The number of nitrogens with one attached hydrogen (secondary N) is 2. The van der Waals surface area contributed by atoms with Gasteiger partial charge in [0.15, 0.2) is 0 Å². The van der Waals surface area contributed by atoms with E-state index in [1.165, 1.54) is 11.0 Å². The van der Waals surface area contributed by atoms with Crippen LogP contribution in [0.2, 0.25) is 0 Å². The maximum Gasteiger partial charge on any atom is 0.244 e. The monoisotopic (exact) mass is 369 g/mol. The van der Waals surface area contributed by atoms with Gasteiger partial charge in [0, 0.05) is 19.4 Å². The Morgan fingerprint density at radius 2 is 1.96 bits per heavy atom. The molecule has 6 nitrogen and oxygen atoms in total. The summed E-state index contributed by atoms with van der Waals surface area (Å²) in [5, 5.41) is 5.39. The predicted octanol–water partition coefficient (Wildman–Crippen LogP) is 2.52. The summed E-state index contributed by atoms with van der Waals surface area (Å²) in [6, 6.07) is 11.8. The molecule has 0 atom stereocenters. The van der Waals surface area contributed by atoms with Gasteiger partial charge in [-0.15, -0.1) is 0 Å². The summed E-state index contributed by atoms with van der Waals surface area (Å²) in [5.41, 5.74) is 2.39. The van der Waals surface area contributed by atoms with E-state index >= 15 is 0 Å². The van der Waals surface area contributed by atoms with E-state index in [4.69, 9.17) is 0 Å². The highest BCUT2D eigenvalue weighted by Gasteiger charge is 2.26. The third-order valence-electron chi connectivity index (χ3n) is 4.36. The van der Waals surface area contributed by atoms with Gasteiger partial charge in [-0.25, -0.2) is 4.39 Å². The van der Waals surface area contributed by atoms with E-state index in [-0.39, 0.29) is 49.5 Å². The number of benzene rings is 2. The van der Waals surface area contributed by atoms with E-state index in [2.05, 4.69) is 10.6 Å². The zero-order valence-electron chi connectivity index (χ0n) is 14.9. The minimum absolute atomic E-state index is 0.00649. The summed E-state index contributed by atoms with van der Waals surface area (Å²) >= 11 is 0. The topological polar surface area (TPSA) is 78.5 Å². The number of fused-ring (bicyclic) bond motifs is 1. The number of hydrogen-bond acceptors (Lipinski definition) is 3. The third-order valence-corrected chi connectivity index (χ3v) is 4.36. The van der Waals surface area contributed by atoms with Crippen LogP contribution < -0.4 is 15.5 Å². The van der Waals surface area contributed by atoms with Crippen LogP contribution in [0, 0.1) is 12.7 Å². The lowest BCUT2D eigenvalue weighted by Gasteiger charge is -2.29. The minimum atomic E-state index is -0.320. The number of anilines is 2. The third kappa shape index (κ3) is 4.49. The van der Waals surface area contributed by atoms with Crippen LogP contribution in [0.15, 0.2) is 42.5 Å². The average Bonchev–Trinajstić information content (AvgIpc) is 2.66. The number of carbonyl (C=O) groups excluding carboxylic acids is 3. The zero-order valence-corrected chi connectivity index (χ0v) is 14.9. The van der Waals surface area contributed by atoms with E-state index in [0.29, 0.717) is 22.5 Å². The highest BCUT2D eigenvalue weighted by Crippen LogP contribution is 2.29. The Kier molecular flexibility index (Phi) is 5.49. The van der Waals surface area contributed by atoms with Gasteiger partial charge in [0.2, 0.25) is 17.7 Å². The van der Waals surface area contributed by atoms with Crippen LogP contribution in [0.25, 0.3) is 0 Å². The standard InChI is InChI=1S/C20H20FN3O3/c1-13-6-7-14(10-15(13)21)11-22-18(25)8-9-20(27)24-12-19(26)23-16-4-2-3-5-17(16)24/h2-7,10H,8-9,11-12H2,1H3,(H,22,25)(H,23,26). The molecule has 2 aromatic rings. The number of hydrogen-bond donors (Lipinski definition) is 2. The fourth-order valence-corrected chi connectivity index (χ4v) is 2.85. The number of amides is 3. The maximum absolute atomic E-state index is 13.5. The molecule has 7 heteroatoms. The zero-order chi connectivity index (χ0) is 19.4. The van der Waals surface area contributed by atoms with Crippen molar-refractivity contribution in [2.45, 2.75) is 26.3 Å². The molecular formula is C20H20FN3O3. The maximum atomic E-state index is 13.5. The van der Waals surface area contributed by atoms with E-state index in [9.17, 15) is 18.8 Å². The fourth-order valence-electron chi connectivity index (χ4n) is 2.85. The summed E-state index contributed by atoms with van der Waals surface area (Å²) in [6.45, 7) is 1.79. The second kappa shape index (κ2) is 7.99. The van der Waals surface area contributed by atoms with E-state index < -0.39 is 0 Å². The molecule has 0 saturated carbocycles. The molecule has 3 amide bonds. The number of rotatable bonds is 5. The van der Waals surface area contributed by atoms with Crippen molar-refractivity contribution >= 4 is 29.1 Å². The molecule has 3 rings (SSSR count). The molecule has 1 aliphatic rings. The van der Waals surface area contributed by atoms with Gasteiger partial charge in [-0.05, 0) is 36.2 Å². The Hall–Kier alpha value is -3.22.